The minimum atomic E-state index is -0.738. The molecule has 0 aliphatic heterocycles. The van der Waals surface area contributed by atoms with Crippen LogP contribution < -0.4 is 26.2 Å². The van der Waals surface area contributed by atoms with E-state index in [0.29, 0.717) is 22.5 Å². The second kappa shape index (κ2) is 8.26. The van der Waals surface area contributed by atoms with Crippen LogP contribution in [0.1, 0.15) is 15.9 Å². The van der Waals surface area contributed by atoms with Gasteiger partial charge in [0.15, 0.2) is 17.9 Å². The SMILES string of the molecule is COc1cccc2cc(C(N)=O)c(=NNC(=O)COc3ccccc3C)oc12. The zero-order chi connectivity index (χ0) is 20.1. The number of para-hydroxylation sites is 2. The summed E-state index contributed by atoms with van der Waals surface area (Å²) in [6.07, 6.45) is 0. The molecule has 3 rings (SSSR count). The van der Waals surface area contributed by atoms with Gasteiger partial charge in [0, 0.05) is 5.39 Å². The summed E-state index contributed by atoms with van der Waals surface area (Å²) in [7, 11) is 1.49. The van der Waals surface area contributed by atoms with Gasteiger partial charge < -0.3 is 19.6 Å². The Morgan fingerprint density at radius 2 is 1.89 bits per heavy atom. The van der Waals surface area contributed by atoms with Crippen LogP contribution in [0.15, 0.2) is 58.0 Å². The van der Waals surface area contributed by atoms with Crippen molar-refractivity contribution < 1.29 is 23.5 Å². The number of methoxy groups -OCH3 is 1. The van der Waals surface area contributed by atoms with Gasteiger partial charge in [0.05, 0.1) is 7.11 Å². The number of benzene rings is 2. The van der Waals surface area contributed by atoms with Crippen molar-refractivity contribution in [2.24, 2.45) is 10.8 Å². The van der Waals surface area contributed by atoms with Crippen LogP contribution >= 0.6 is 0 Å². The first-order valence-electron chi connectivity index (χ1n) is 8.41. The van der Waals surface area contributed by atoms with Crippen molar-refractivity contribution in [2.45, 2.75) is 6.92 Å². The minimum Gasteiger partial charge on any atom is -0.493 e. The predicted octanol–water partition coefficient (Wildman–Crippen LogP) is 1.86. The molecule has 0 unspecified atom stereocenters. The third-order valence-electron chi connectivity index (χ3n) is 3.96. The molecule has 144 valence electrons. The van der Waals surface area contributed by atoms with Crippen LogP contribution in [-0.4, -0.2) is 25.5 Å². The molecule has 0 bridgehead atoms. The van der Waals surface area contributed by atoms with Crippen molar-refractivity contribution in [1.82, 2.24) is 5.43 Å². The minimum absolute atomic E-state index is 0.0286. The molecule has 0 aliphatic rings. The molecular weight excluding hydrogens is 362 g/mol. The number of nitrogens with one attached hydrogen (secondary N) is 1. The van der Waals surface area contributed by atoms with Gasteiger partial charge in [-0.15, -0.1) is 5.10 Å². The van der Waals surface area contributed by atoms with E-state index >= 15 is 0 Å². The lowest BCUT2D eigenvalue weighted by molar-refractivity contribution is -0.123. The first-order valence-corrected chi connectivity index (χ1v) is 8.41. The predicted molar refractivity (Wildman–Crippen MR) is 102 cm³/mol. The highest BCUT2D eigenvalue weighted by Crippen LogP contribution is 2.24. The molecule has 1 heterocycles. The first-order chi connectivity index (χ1) is 13.5. The Labute approximate surface area is 160 Å². The summed E-state index contributed by atoms with van der Waals surface area (Å²) < 4.78 is 16.4. The fraction of sp³-hybridized carbons (Fsp3) is 0.150. The van der Waals surface area contributed by atoms with E-state index in [1.165, 1.54) is 13.2 Å². The molecule has 0 radical (unpaired) electrons. The van der Waals surface area contributed by atoms with E-state index in [9.17, 15) is 9.59 Å². The summed E-state index contributed by atoms with van der Waals surface area (Å²) in [5.74, 6) is -0.207. The van der Waals surface area contributed by atoms with Gasteiger partial charge >= 0.3 is 0 Å². The van der Waals surface area contributed by atoms with Crippen LogP contribution in [0.4, 0.5) is 0 Å². The Balaban J connectivity index is 1.85. The summed E-state index contributed by atoms with van der Waals surface area (Å²) in [5.41, 5.74) is 8.89. The summed E-state index contributed by atoms with van der Waals surface area (Å²) in [6.45, 7) is 1.62. The summed E-state index contributed by atoms with van der Waals surface area (Å²) in [5, 5.41) is 4.50. The summed E-state index contributed by atoms with van der Waals surface area (Å²) >= 11 is 0. The zero-order valence-electron chi connectivity index (χ0n) is 15.4. The molecule has 8 nitrogen and oxygen atoms in total. The van der Waals surface area contributed by atoms with Crippen LogP contribution in [-0.2, 0) is 4.79 Å². The topological polar surface area (TPSA) is 116 Å². The molecule has 28 heavy (non-hydrogen) atoms. The van der Waals surface area contributed by atoms with Crippen molar-refractivity contribution in [3.05, 3.63) is 65.2 Å². The van der Waals surface area contributed by atoms with Gasteiger partial charge in [0.1, 0.15) is 11.3 Å². The van der Waals surface area contributed by atoms with Gasteiger partial charge in [-0.05, 0) is 30.7 Å². The first kappa shape index (κ1) is 19.0. The highest BCUT2D eigenvalue weighted by atomic mass is 16.5. The highest BCUT2D eigenvalue weighted by Gasteiger charge is 2.12. The molecule has 0 aliphatic carbocycles. The molecule has 8 heteroatoms. The molecule has 3 aromatic rings. The van der Waals surface area contributed by atoms with Crippen LogP contribution in [0.2, 0.25) is 0 Å². The number of nitrogens with zero attached hydrogens (tertiary/aromatic N) is 1. The van der Waals surface area contributed by atoms with Gasteiger partial charge in [-0.25, -0.2) is 5.43 Å². The van der Waals surface area contributed by atoms with E-state index in [2.05, 4.69) is 10.5 Å². The standard InChI is InChI=1S/C20H19N3O5/c1-12-6-3-4-8-15(12)27-11-17(24)22-23-20-14(19(21)25)10-13-7-5-9-16(26-2)18(13)28-20/h3-10H,11H2,1-2H3,(H2,21,25)(H,22,24). The van der Waals surface area contributed by atoms with Gasteiger partial charge in [-0.3, -0.25) is 9.59 Å². The van der Waals surface area contributed by atoms with E-state index in [4.69, 9.17) is 19.6 Å². The van der Waals surface area contributed by atoms with E-state index < -0.39 is 11.8 Å². The molecular formula is C20H19N3O5. The average molecular weight is 381 g/mol. The summed E-state index contributed by atoms with van der Waals surface area (Å²) in [4.78, 5) is 23.8. The van der Waals surface area contributed by atoms with Gasteiger partial charge in [0.25, 0.3) is 11.8 Å². The molecule has 2 aromatic carbocycles. The maximum atomic E-state index is 12.1. The third-order valence-corrected chi connectivity index (χ3v) is 3.96. The molecule has 3 N–H and O–H groups in total. The van der Waals surface area contributed by atoms with Gasteiger partial charge in [0.2, 0.25) is 5.55 Å². The number of carbonyl (C=O) groups is 2. The lowest BCUT2D eigenvalue weighted by Gasteiger charge is -2.08. The Morgan fingerprint density at radius 1 is 1.14 bits per heavy atom. The number of carbonyl (C=O) groups excluding carboxylic acids is 2. The van der Waals surface area contributed by atoms with E-state index in [1.807, 2.05) is 25.1 Å². The van der Waals surface area contributed by atoms with Crippen molar-refractivity contribution in [3.63, 3.8) is 0 Å². The van der Waals surface area contributed by atoms with E-state index in [1.54, 1.807) is 24.3 Å². The van der Waals surface area contributed by atoms with Crippen molar-refractivity contribution in [2.75, 3.05) is 13.7 Å². The highest BCUT2D eigenvalue weighted by molar-refractivity contribution is 5.96. The van der Waals surface area contributed by atoms with E-state index in [0.717, 1.165) is 5.56 Å². The van der Waals surface area contributed by atoms with E-state index in [-0.39, 0.29) is 17.7 Å². The van der Waals surface area contributed by atoms with Gasteiger partial charge in [-0.1, -0.05) is 30.3 Å². The number of rotatable bonds is 6. The normalized spacial score (nSPS) is 11.3. The van der Waals surface area contributed by atoms with Gasteiger partial charge in [-0.2, -0.15) is 0 Å². The number of hydrogen-bond acceptors (Lipinski definition) is 6. The van der Waals surface area contributed by atoms with Crippen LogP contribution in [0.3, 0.4) is 0 Å². The van der Waals surface area contributed by atoms with Crippen LogP contribution in [0.5, 0.6) is 11.5 Å². The third kappa shape index (κ3) is 4.12. The van der Waals surface area contributed by atoms with Crippen LogP contribution in [0, 0.1) is 6.92 Å². The fourth-order valence-corrected chi connectivity index (χ4v) is 2.55. The Bertz CT molecular complexity index is 1100. The number of hydrogen-bond donors (Lipinski definition) is 2. The largest absolute Gasteiger partial charge is 0.493 e. The Kier molecular flexibility index (Phi) is 5.59. The molecule has 0 saturated carbocycles. The molecule has 0 spiro atoms. The Hall–Kier alpha value is -3.81. The van der Waals surface area contributed by atoms with Crippen molar-refractivity contribution >= 4 is 22.8 Å². The number of amides is 2. The lowest BCUT2D eigenvalue weighted by Crippen LogP contribution is -2.29. The maximum absolute atomic E-state index is 12.1. The Morgan fingerprint density at radius 3 is 2.61 bits per heavy atom. The molecule has 0 saturated heterocycles. The molecule has 2 amide bonds. The molecule has 1 aromatic heterocycles. The van der Waals surface area contributed by atoms with Crippen molar-refractivity contribution in [3.8, 4) is 11.5 Å². The number of aryl methyl sites for hydroxylation is 1. The summed E-state index contributed by atoms with van der Waals surface area (Å²) in [6, 6.07) is 14.0. The molecule has 0 atom stereocenters. The maximum Gasteiger partial charge on any atom is 0.278 e. The molecule has 0 fully saturated rings. The number of primary amides is 1. The van der Waals surface area contributed by atoms with Crippen molar-refractivity contribution in [1.29, 1.82) is 0 Å². The zero-order valence-corrected chi connectivity index (χ0v) is 15.4. The lowest BCUT2D eigenvalue weighted by atomic mass is 10.1. The second-order valence-corrected chi connectivity index (χ2v) is 5.91. The quantitative estimate of drug-likeness (QED) is 0.632. The second-order valence-electron chi connectivity index (χ2n) is 5.91. The number of ether oxygens (including phenoxy) is 2. The number of fused-ring (bicyclic) bond motifs is 1. The average Bonchev–Trinajstić information content (AvgIpc) is 2.70. The number of nitrogens with two attached hydrogens (primary N) is 1. The fourth-order valence-electron chi connectivity index (χ4n) is 2.55. The monoisotopic (exact) mass is 381 g/mol. The van der Waals surface area contributed by atoms with Crippen LogP contribution in [0.25, 0.3) is 11.0 Å². The smallest absolute Gasteiger partial charge is 0.278 e.